The molecule has 0 heterocycles. The summed E-state index contributed by atoms with van der Waals surface area (Å²) in [5.74, 6) is 0.156. The van der Waals surface area contributed by atoms with Crippen LogP contribution >= 0.6 is 0 Å². The Labute approximate surface area is 116 Å². The van der Waals surface area contributed by atoms with Crippen molar-refractivity contribution in [2.75, 3.05) is 20.3 Å². The van der Waals surface area contributed by atoms with Gasteiger partial charge in [0.05, 0.1) is 13.2 Å². The number of rotatable bonds is 6. The molecule has 1 aliphatic rings. The quantitative estimate of drug-likeness (QED) is 0.423. The third kappa shape index (κ3) is 4.46. The highest BCUT2D eigenvalue weighted by Crippen LogP contribution is 2.44. The number of hydrogen-bond acceptors (Lipinski definition) is 4. The Morgan fingerprint density at radius 3 is 2.53 bits per heavy atom. The van der Waals surface area contributed by atoms with Crippen LogP contribution in [0.4, 0.5) is 0 Å². The van der Waals surface area contributed by atoms with Crippen LogP contribution in [0.25, 0.3) is 0 Å². The Bertz CT molecular complexity index is 290. The minimum atomic E-state index is -0.768. The summed E-state index contributed by atoms with van der Waals surface area (Å²) in [4.78, 5) is 11.5. The lowest BCUT2D eigenvalue weighted by atomic mass is 9.72. The molecule has 19 heavy (non-hydrogen) atoms. The van der Waals surface area contributed by atoms with Gasteiger partial charge in [0.25, 0.3) is 0 Å². The van der Waals surface area contributed by atoms with Crippen molar-refractivity contribution < 1.29 is 19.0 Å². The normalized spacial score (nSPS) is 31.5. The van der Waals surface area contributed by atoms with Crippen molar-refractivity contribution in [1.29, 1.82) is 0 Å². The molecule has 0 N–H and O–H groups in total. The maximum atomic E-state index is 11.5. The fourth-order valence-corrected chi connectivity index (χ4v) is 3.12. The highest BCUT2D eigenvalue weighted by Gasteiger charge is 2.48. The summed E-state index contributed by atoms with van der Waals surface area (Å²) >= 11 is 0. The standard InChI is InChI=1S/C15H28O4/c1-11(2)14-7-6-12(3)10-15(14,19-13(4)16)18-9-8-17-5/h11-12,14H,6-10H2,1-5H3. The number of methoxy groups -OCH3 is 1. The molecule has 3 atom stereocenters. The molecule has 1 rings (SSSR count). The van der Waals surface area contributed by atoms with E-state index in [1.54, 1.807) is 7.11 Å². The van der Waals surface area contributed by atoms with E-state index in [0.29, 0.717) is 25.0 Å². The van der Waals surface area contributed by atoms with E-state index in [1.807, 2.05) is 0 Å². The van der Waals surface area contributed by atoms with Crippen LogP contribution in [0, 0.1) is 17.8 Å². The van der Waals surface area contributed by atoms with E-state index in [9.17, 15) is 4.79 Å². The first-order chi connectivity index (χ1) is 8.91. The van der Waals surface area contributed by atoms with Crippen LogP contribution in [0.5, 0.6) is 0 Å². The topological polar surface area (TPSA) is 44.8 Å². The Balaban J connectivity index is 2.89. The van der Waals surface area contributed by atoms with Crippen LogP contribution in [0.2, 0.25) is 0 Å². The van der Waals surface area contributed by atoms with E-state index >= 15 is 0 Å². The molecule has 1 fully saturated rings. The van der Waals surface area contributed by atoms with Crippen molar-refractivity contribution in [2.24, 2.45) is 17.8 Å². The largest absolute Gasteiger partial charge is 0.433 e. The second kappa shape index (κ2) is 7.25. The molecule has 0 aromatic rings. The number of carbonyl (C=O) groups is 1. The number of carbonyl (C=O) groups excluding carboxylic acids is 1. The van der Waals surface area contributed by atoms with Gasteiger partial charge in [-0.1, -0.05) is 20.8 Å². The monoisotopic (exact) mass is 272 g/mol. The lowest BCUT2D eigenvalue weighted by molar-refractivity contribution is -0.281. The van der Waals surface area contributed by atoms with Crippen molar-refractivity contribution in [3.05, 3.63) is 0 Å². The van der Waals surface area contributed by atoms with Gasteiger partial charge < -0.3 is 14.2 Å². The van der Waals surface area contributed by atoms with Gasteiger partial charge in [-0.2, -0.15) is 0 Å². The second-order valence-corrected chi connectivity index (χ2v) is 5.98. The van der Waals surface area contributed by atoms with Crippen LogP contribution < -0.4 is 0 Å². The van der Waals surface area contributed by atoms with Crippen LogP contribution in [-0.2, 0) is 19.0 Å². The van der Waals surface area contributed by atoms with Gasteiger partial charge in [-0.15, -0.1) is 0 Å². The molecule has 0 bridgehead atoms. The van der Waals surface area contributed by atoms with Crippen molar-refractivity contribution in [3.8, 4) is 0 Å². The van der Waals surface area contributed by atoms with Gasteiger partial charge in [-0.05, 0) is 24.7 Å². The summed E-state index contributed by atoms with van der Waals surface area (Å²) in [5, 5.41) is 0. The molecule has 1 saturated carbocycles. The number of esters is 1. The van der Waals surface area contributed by atoms with Crippen LogP contribution in [0.15, 0.2) is 0 Å². The van der Waals surface area contributed by atoms with E-state index < -0.39 is 5.79 Å². The summed E-state index contributed by atoms with van der Waals surface area (Å²) in [7, 11) is 1.64. The molecule has 0 aliphatic heterocycles. The van der Waals surface area contributed by atoms with Crippen molar-refractivity contribution >= 4 is 5.97 Å². The SMILES string of the molecule is COCCOC1(OC(C)=O)CC(C)CCC1C(C)C. The predicted molar refractivity (Wildman–Crippen MR) is 73.7 cm³/mol. The van der Waals surface area contributed by atoms with Crippen LogP contribution in [0.1, 0.15) is 47.0 Å². The molecule has 4 heteroatoms. The maximum absolute atomic E-state index is 11.5. The van der Waals surface area contributed by atoms with Gasteiger partial charge in [-0.3, -0.25) is 4.79 Å². The molecule has 0 amide bonds. The summed E-state index contributed by atoms with van der Waals surface area (Å²) in [6.45, 7) is 8.95. The van der Waals surface area contributed by atoms with Gasteiger partial charge in [0.15, 0.2) is 0 Å². The first-order valence-electron chi connectivity index (χ1n) is 7.23. The van der Waals surface area contributed by atoms with E-state index in [-0.39, 0.29) is 11.9 Å². The third-order valence-electron chi connectivity index (χ3n) is 3.92. The highest BCUT2D eigenvalue weighted by molar-refractivity contribution is 5.66. The summed E-state index contributed by atoms with van der Waals surface area (Å²) in [5.41, 5.74) is 0. The first-order valence-corrected chi connectivity index (χ1v) is 7.23. The fourth-order valence-electron chi connectivity index (χ4n) is 3.12. The molecule has 0 aromatic carbocycles. The molecule has 0 spiro atoms. The lowest BCUT2D eigenvalue weighted by Crippen LogP contribution is -2.51. The third-order valence-corrected chi connectivity index (χ3v) is 3.92. The molecule has 3 unspecified atom stereocenters. The lowest BCUT2D eigenvalue weighted by Gasteiger charge is -2.46. The highest BCUT2D eigenvalue weighted by atomic mass is 16.7. The molecule has 4 nitrogen and oxygen atoms in total. The Kier molecular flexibility index (Phi) is 6.27. The maximum Gasteiger partial charge on any atom is 0.305 e. The number of ether oxygens (including phenoxy) is 3. The number of hydrogen-bond donors (Lipinski definition) is 0. The van der Waals surface area contributed by atoms with Crippen molar-refractivity contribution in [2.45, 2.75) is 52.7 Å². The first kappa shape index (κ1) is 16.4. The van der Waals surface area contributed by atoms with Gasteiger partial charge in [0.1, 0.15) is 0 Å². The molecule has 0 aromatic heterocycles. The van der Waals surface area contributed by atoms with Gasteiger partial charge in [0.2, 0.25) is 5.79 Å². The Hall–Kier alpha value is -0.610. The van der Waals surface area contributed by atoms with E-state index in [1.165, 1.54) is 13.3 Å². The zero-order valence-electron chi connectivity index (χ0n) is 12.9. The zero-order valence-corrected chi connectivity index (χ0v) is 12.9. The average Bonchev–Trinajstić information content (AvgIpc) is 2.27. The smallest absolute Gasteiger partial charge is 0.305 e. The second-order valence-electron chi connectivity index (χ2n) is 5.98. The molecule has 0 saturated heterocycles. The van der Waals surface area contributed by atoms with Crippen LogP contribution in [-0.4, -0.2) is 32.1 Å². The Morgan fingerprint density at radius 2 is 2.00 bits per heavy atom. The zero-order chi connectivity index (χ0) is 14.5. The predicted octanol–water partition coefficient (Wildman–Crippen LogP) is 3.00. The molecule has 1 aliphatic carbocycles. The molecular weight excluding hydrogens is 244 g/mol. The van der Waals surface area contributed by atoms with E-state index in [2.05, 4.69) is 20.8 Å². The average molecular weight is 272 g/mol. The van der Waals surface area contributed by atoms with Gasteiger partial charge in [0, 0.05) is 26.4 Å². The van der Waals surface area contributed by atoms with E-state index in [4.69, 9.17) is 14.2 Å². The van der Waals surface area contributed by atoms with Crippen LogP contribution in [0.3, 0.4) is 0 Å². The van der Waals surface area contributed by atoms with E-state index in [0.717, 1.165) is 12.8 Å². The van der Waals surface area contributed by atoms with Gasteiger partial charge in [-0.25, -0.2) is 0 Å². The summed E-state index contributed by atoms with van der Waals surface area (Å²) in [6.07, 6.45) is 2.98. The summed E-state index contributed by atoms with van der Waals surface area (Å²) in [6, 6.07) is 0. The molecule has 112 valence electrons. The molecule has 0 radical (unpaired) electrons. The van der Waals surface area contributed by atoms with Gasteiger partial charge >= 0.3 is 5.97 Å². The van der Waals surface area contributed by atoms with Crippen molar-refractivity contribution in [3.63, 3.8) is 0 Å². The Morgan fingerprint density at radius 1 is 1.32 bits per heavy atom. The van der Waals surface area contributed by atoms with Crippen molar-refractivity contribution in [1.82, 2.24) is 0 Å². The molecular formula is C15H28O4. The minimum Gasteiger partial charge on any atom is -0.433 e. The minimum absolute atomic E-state index is 0.254. The summed E-state index contributed by atoms with van der Waals surface area (Å²) < 4.78 is 16.7. The fraction of sp³-hybridized carbons (Fsp3) is 0.933.